The lowest BCUT2D eigenvalue weighted by Crippen LogP contribution is -2.45. The number of carbonyl (C=O) groups excluding carboxylic acids is 5. The van der Waals surface area contributed by atoms with E-state index in [9.17, 15) is 45.6 Å². The van der Waals surface area contributed by atoms with E-state index in [1.165, 1.54) is 13.8 Å². The third-order valence-electron chi connectivity index (χ3n) is 6.30. The van der Waals surface area contributed by atoms with Gasteiger partial charge in [-0.05, 0) is 59.5 Å². The van der Waals surface area contributed by atoms with Crippen LogP contribution in [0.5, 0.6) is 0 Å². The van der Waals surface area contributed by atoms with E-state index in [-0.39, 0.29) is 77.2 Å². The molecule has 2 rings (SSSR count). The molecule has 2 aliphatic rings. The Hall–Kier alpha value is -3.17. The molecule has 1 saturated carbocycles. The number of hydrogen-bond donors (Lipinski definition) is 0. The van der Waals surface area contributed by atoms with Gasteiger partial charge < -0.3 is 23.1 Å². The van der Waals surface area contributed by atoms with Gasteiger partial charge in [-0.2, -0.15) is 21.6 Å². The van der Waals surface area contributed by atoms with Crippen LogP contribution in [0.3, 0.4) is 0 Å². The van der Waals surface area contributed by atoms with Crippen LogP contribution in [0.1, 0.15) is 72.6 Å². The fraction of sp³-hybridized carbons (Fsp3) is 0.720. The van der Waals surface area contributed by atoms with Crippen molar-refractivity contribution in [2.45, 2.75) is 78.1 Å². The highest BCUT2D eigenvalue weighted by Gasteiger charge is 2.53. The van der Waals surface area contributed by atoms with Crippen molar-refractivity contribution in [2.24, 2.45) is 10.8 Å². The number of alkyl halides is 3. The Kier molecular flexibility index (Phi) is 13.3. The lowest BCUT2D eigenvalue weighted by atomic mass is 9.73. The van der Waals surface area contributed by atoms with Gasteiger partial charge in [0.2, 0.25) is 0 Å². The molecule has 0 aromatic carbocycles. The van der Waals surface area contributed by atoms with Gasteiger partial charge in [-0.3, -0.25) is 24.0 Å². The molecule has 16 heteroatoms. The summed E-state index contributed by atoms with van der Waals surface area (Å²) < 4.78 is 82.5. The summed E-state index contributed by atoms with van der Waals surface area (Å²) in [6, 6.07) is 0. The molecule has 0 bridgehead atoms. The predicted octanol–water partition coefficient (Wildman–Crippen LogP) is 3.28. The molecule has 41 heavy (non-hydrogen) atoms. The number of ketones is 1. The van der Waals surface area contributed by atoms with Crippen LogP contribution >= 0.6 is 0 Å². The van der Waals surface area contributed by atoms with Crippen molar-refractivity contribution in [3.05, 3.63) is 11.8 Å². The maximum Gasteiger partial charge on any atom is 0.534 e. The largest absolute Gasteiger partial charge is 0.534 e. The molecule has 0 aromatic rings. The summed E-state index contributed by atoms with van der Waals surface area (Å²) in [5.74, 6) is -3.29. The Morgan fingerprint density at radius 2 is 1.10 bits per heavy atom. The second kappa shape index (κ2) is 15.2. The van der Waals surface area contributed by atoms with Crippen LogP contribution in [0.4, 0.5) is 13.2 Å². The lowest BCUT2D eigenvalue weighted by molar-refractivity contribution is -0.176. The topological polar surface area (TPSA) is 166 Å². The van der Waals surface area contributed by atoms with Crippen LogP contribution < -0.4 is 0 Å². The summed E-state index contributed by atoms with van der Waals surface area (Å²) >= 11 is 0. The number of rotatable bonds is 10. The Morgan fingerprint density at radius 3 is 1.41 bits per heavy atom. The molecule has 0 atom stereocenters. The summed E-state index contributed by atoms with van der Waals surface area (Å²) in [5.41, 5.74) is -8.55. The number of Topliss-reactive ketones (excluding diaryl/α,β-unsaturated/α-hetero) is 1. The Bertz CT molecular complexity index is 1060. The van der Waals surface area contributed by atoms with Crippen LogP contribution in [0.25, 0.3) is 0 Å². The molecular weight excluding hydrogens is 581 g/mol. The number of carbonyl (C=O) groups is 5. The molecule has 0 aromatic heterocycles. The monoisotopic (exact) mass is 616 g/mol. The third kappa shape index (κ3) is 8.91. The zero-order valence-electron chi connectivity index (χ0n) is 23.3. The highest BCUT2D eigenvalue weighted by molar-refractivity contribution is 7.87. The molecule has 0 N–H and O–H groups in total. The van der Waals surface area contributed by atoms with Crippen molar-refractivity contribution < 1.29 is 68.7 Å². The summed E-state index contributed by atoms with van der Waals surface area (Å²) in [5, 5.41) is 0. The van der Waals surface area contributed by atoms with Crippen molar-refractivity contribution in [2.75, 3.05) is 26.4 Å². The minimum absolute atomic E-state index is 0.00445. The van der Waals surface area contributed by atoms with Crippen molar-refractivity contribution in [3.8, 4) is 0 Å². The maximum absolute atomic E-state index is 12.3. The fourth-order valence-electron chi connectivity index (χ4n) is 4.07. The number of halogens is 3. The van der Waals surface area contributed by atoms with Crippen LogP contribution in [0, 0.1) is 10.8 Å². The van der Waals surface area contributed by atoms with E-state index in [1.807, 2.05) is 0 Å². The van der Waals surface area contributed by atoms with Crippen molar-refractivity contribution in [1.29, 1.82) is 0 Å². The fourth-order valence-corrected chi connectivity index (χ4v) is 4.60. The van der Waals surface area contributed by atoms with E-state index >= 15 is 0 Å². The molecule has 0 radical (unpaired) electrons. The van der Waals surface area contributed by atoms with Gasteiger partial charge in [0.05, 0.1) is 26.4 Å². The molecule has 234 valence electrons. The highest BCUT2D eigenvalue weighted by Crippen LogP contribution is 2.40. The van der Waals surface area contributed by atoms with Gasteiger partial charge in [0.25, 0.3) is 0 Å². The number of hydrogen-bond acceptors (Lipinski definition) is 12. The van der Waals surface area contributed by atoms with E-state index < -0.39 is 56.1 Å². The van der Waals surface area contributed by atoms with E-state index in [4.69, 9.17) is 18.9 Å². The Morgan fingerprint density at radius 1 is 0.732 bits per heavy atom. The van der Waals surface area contributed by atoms with E-state index in [1.54, 1.807) is 13.8 Å². The van der Waals surface area contributed by atoms with Crippen LogP contribution in [0.15, 0.2) is 11.8 Å². The minimum atomic E-state index is -5.80. The predicted molar refractivity (Wildman–Crippen MR) is 133 cm³/mol. The third-order valence-corrected chi connectivity index (χ3v) is 7.30. The van der Waals surface area contributed by atoms with Gasteiger partial charge in [0.1, 0.15) is 11.5 Å². The van der Waals surface area contributed by atoms with Crippen LogP contribution in [-0.4, -0.2) is 70.0 Å². The molecule has 12 nitrogen and oxygen atoms in total. The van der Waals surface area contributed by atoms with E-state index in [0.717, 1.165) is 6.08 Å². The average molecular weight is 617 g/mol. The molecule has 2 aliphatic carbocycles. The zero-order valence-corrected chi connectivity index (χ0v) is 24.1. The molecule has 0 heterocycles. The smallest absolute Gasteiger partial charge is 0.465 e. The molecule has 0 amide bonds. The number of esters is 4. The van der Waals surface area contributed by atoms with Crippen molar-refractivity contribution in [3.63, 3.8) is 0 Å². The zero-order chi connectivity index (χ0) is 31.5. The van der Waals surface area contributed by atoms with E-state index in [2.05, 4.69) is 4.18 Å². The SMILES string of the molecule is CCOC(=O)C1(C(=O)OCC)CC=C(OS(=O)(=O)C(F)(F)F)CC1.CCOC(=O)C1(C(=O)OCC)CCC(=O)CC1. The van der Waals surface area contributed by atoms with Crippen LogP contribution in [-0.2, 0) is 57.2 Å². The summed E-state index contributed by atoms with van der Waals surface area (Å²) in [7, 11) is -5.80. The standard InChI is InChI=1S/C13H17F3O7S.C12H18O5/c1-3-21-10(17)12(11(18)22-4-2)7-5-9(6-8-12)23-24(19,20)13(14,15)16;1-3-16-10(14)12(11(15)17-4-2)7-5-9(13)6-8-12/h5H,3-4,6-8H2,1-2H3;3-8H2,1-2H3. The molecular formula is C25H35F3O12S. The molecule has 0 spiro atoms. The minimum Gasteiger partial charge on any atom is -0.465 e. The first-order valence-corrected chi connectivity index (χ1v) is 14.4. The summed E-state index contributed by atoms with van der Waals surface area (Å²) in [4.78, 5) is 59.2. The van der Waals surface area contributed by atoms with Gasteiger partial charge in [0, 0.05) is 19.3 Å². The normalized spacial score (nSPS) is 18.0. The van der Waals surface area contributed by atoms with Gasteiger partial charge in [-0.25, -0.2) is 0 Å². The second-order valence-electron chi connectivity index (χ2n) is 8.94. The van der Waals surface area contributed by atoms with Gasteiger partial charge in [0.15, 0.2) is 10.8 Å². The number of ether oxygens (including phenoxy) is 4. The van der Waals surface area contributed by atoms with E-state index in [0.29, 0.717) is 0 Å². The quantitative estimate of drug-likeness (QED) is 0.116. The second-order valence-corrected chi connectivity index (χ2v) is 10.5. The lowest BCUT2D eigenvalue weighted by Gasteiger charge is -2.31. The molecule has 1 fully saturated rings. The molecule has 0 unspecified atom stereocenters. The average Bonchev–Trinajstić information content (AvgIpc) is 2.90. The summed E-state index contributed by atoms with van der Waals surface area (Å²) in [6.45, 7) is 6.85. The summed E-state index contributed by atoms with van der Waals surface area (Å²) in [6.07, 6.45) is 0.785. The first kappa shape index (κ1) is 35.9. The molecule has 0 aliphatic heterocycles. The first-order chi connectivity index (χ1) is 19.1. The highest BCUT2D eigenvalue weighted by atomic mass is 32.2. The van der Waals surface area contributed by atoms with Gasteiger partial charge >= 0.3 is 39.5 Å². The Balaban J connectivity index is 0.000000435. The number of allylic oxidation sites excluding steroid dienone is 2. The van der Waals surface area contributed by atoms with Gasteiger partial charge in [-0.15, -0.1) is 0 Å². The van der Waals surface area contributed by atoms with Crippen molar-refractivity contribution >= 4 is 39.8 Å². The van der Waals surface area contributed by atoms with Crippen LogP contribution in [0.2, 0.25) is 0 Å². The van der Waals surface area contributed by atoms with Crippen molar-refractivity contribution in [1.82, 2.24) is 0 Å². The Labute approximate surface area is 236 Å². The first-order valence-electron chi connectivity index (χ1n) is 13.0. The molecule has 0 saturated heterocycles. The maximum atomic E-state index is 12.3. The van der Waals surface area contributed by atoms with Gasteiger partial charge in [-0.1, -0.05) is 0 Å².